The Bertz CT molecular complexity index is 675. The van der Waals surface area contributed by atoms with Crippen LogP contribution in [0.25, 0.3) is 11.1 Å². The van der Waals surface area contributed by atoms with Crippen LogP contribution in [-0.4, -0.2) is 6.36 Å². The number of hydrogen-bond acceptors (Lipinski definition) is 3. The van der Waals surface area contributed by atoms with Gasteiger partial charge in [-0.05, 0) is 29.8 Å². The minimum atomic E-state index is -4.78. The Balaban J connectivity index is 2.53. The van der Waals surface area contributed by atoms with E-state index in [1.807, 2.05) is 6.07 Å². The van der Waals surface area contributed by atoms with Crippen molar-refractivity contribution in [2.24, 2.45) is 0 Å². The maximum absolute atomic E-state index is 12.4. The highest BCUT2D eigenvalue weighted by molar-refractivity contribution is 5.74. The van der Waals surface area contributed by atoms with E-state index in [4.69, 9.17) is 11.0 Å². The molecule has 2 rings (SSSR count). The first kappa shape index (κ1) is 13.7. The van der Waals surface area contributed by atoms with E-state index in [2.05, 4.69) is 4.74 Å². The van der Waals surface area contributed by atoms with Gasteiger partial charge in [-0.25, -0.2) is 0 Å². The van der Waals surface area contributed by atoms with Crippen LogP contribution in [0.5, 0.6) is 5.75 Å². The van der Waals surface area contributed by atoms with Gasteiger partial charge in [0, 0.05) is 11.3 Å². The number of nitrogen functional groups attached to an aromatic ring is 1. The molecule has 0 heterocycles. The lowest BCUT2D eigenvalue weighted by molar-refractivity contribution is -0.274. The zero-order chi connectivity index (χ0) is 14.8. The maximum atomic E-state index is 12.4. The van der Waals surface area contributed by atoms with E-state index in [0.717, 1.165) is 0 Å². The summed E-state index contributed by atoms with van der Waals surface area (Å²) < 4.78 is 41.1. The SMILES string of the molecule is N#Cc1cc(N)cc(-c2ccccc2OC(F)(F)F)c1. The fourth-order valence-corrected chi connectivity index (χ4v) is 1.79. The molecule has 0 aliphatic heterocycles. The van der Waals surface area contributed by atoms with Crippen LogP contribution in [0.2, 0.25) is 0 Å². The standard InChI is InChI=1S/C14H9F3N2O/c15-14(16,17)20-13-4-2-1-3-12(13)10-5-9(8-18)6-11(19)7-10/h1-7H,19H2. The van der Waals surface area contributed by atoms with Crippen molar-refractivity contribution < 1.29 is 17.9 Å². The van der Waals surface area contributed by atoms with Crippen LogP contribution in [0.1, 0.15) is 5.56 Å². The van der Waals surface area contributed by atoms with Crippen LogP contribution in [0, 0.1) is 11.3 Å². The van der Waals surface area contributed by atoms with Gasteiger partial charge in [0.25, 0.3) is 0 Å². The maximum Gasteiger partial charge on any atom is 0.573 e. The molecule has 0 saturated heterocycles. The molecule has 2 aromatic carbocycles. The van der Waals surface area contributed by atoms with E-state index in [1.165, 1.54) is 36.4 Å². The zero-order valence-electron chi connectivity index (χ0n) is 10.1. The number of anilines is 1. The molecular weight excluding hydrogens is 269 g/mol. The highest BCUT2D eigenvalue weighted by Gasteiger charge is 2.32. The summed E-state index contributed by atoms with van der Waals surface area (Å²) in [6.07, 6.45) is -4.78. The largest absolute Gasteiger partial charge is 0.573 e. The van der Waals surface area contributed by atoms with Crippen LogP contribution in [-0.2, 0) is 0 Å². The lowest BCUT2D eigenvalue weighted by Crippen LogP contribution is -2.17. The van der Waals surface area contributed by atoms with Crippen molar-refractivity contribution in [3.8, 4) is 22.9 Å². The lowest BCUT2D eigenvalue weighted by Gasteiger charge is -2.13. The molecule has 102 valence electrons. The molecule has 0 radical (unpaired) electrons. The molecule has 0 spiro atoms. The predicted octanol–water partition coefficient (Wildman–Crippen LogP) is 3.71. The summed E-state index contributed by atoms with van der Waals surface area (Å²) in [6, 6.07) is 12.0. The molecule has 0 aliphatic carbocycles. The minimum absolute atomic E-state index is 0.216. The molecule has 0 aromatic heterocycles. The summed E-state index contributed by atoms with van der Waals surface area (Å²) in [5, 5.41) is 8.87. The van der Waals surface area contributed by atoms with Crippen molar-refractivity contribution >= 4 is 5.69 Å². The average Bonchev–Trinajstić information content (AvgIpc) is 2.36. The van der Waals surface area contributed by atoms with Gasteiger partial charge in [-0.2, -0.15) is 5.26 Å². The van der Waals surface area contributed by atoms with Gasteiger partial charge in [0.1, 0.15) is 5.75 Å². The Kier molecular flexibility index (Phi) is 3.53. The number of alkyl halides is 3. The normalized spacial score (nSPS) is 10.9. The number of ether oxygens (including phenoxy) is 1. The van der Waals surface area contributed by atoms with Crippen molar-refractivity contribution in [3.63, 3.8) is 0 Å². The minimum Gasteiger partial charge on any atom is -0.405 e. The van der Waals surface area contributed by atoms with Gasteiger partial charge < -0.3 is 10.5 Å². The van der Waals surface area contributed by atoms with E-state index < -0.39 is 6.36 Å². The molecule has 20 heavy (non-hydrogen) atoms. The van der Waals surface area contributed by atoms with Gasteiger partial charge in [0.15, 0.2) is 0 Å². The topological polar surface area (TPSA) is 59.0 Å². The Morgan fingerprint density at radius 3 is 2.45 bits per heavy atom. The first-order valence-electron chi connectivity index (χ1n) is 5.55. The van der Waals surface area contributed by atoms with Crippen molar-refractivity contribution in [1.82, 2.24) is 0 Å². The van der Waals surface area contributed by atoms with Gasteiger partial charge in [0.05, 0.1) is 11.6 Å². The first-order valence-corrected chi connectivity index (χ1v) is 5.55. The molecule has 6 heteroatoms. The van der Waals surface area contributed by atoms with Crippen molar-refractivity contribution in [3.05, 3.63) is 48.0 Å². The molecule has 3 nitrogen and oxygen atoms in total. The van der Waals surface area contributed by atoms with E-state index >= 15 is 0 Å². The number of para-hydroxylation sites is 1. The van der Waals surface area contributed by atoms with Crippen LogP contribution in [0.4, 0.5) is 18.9 Å². The molecule has 0 atom stereocenters. The second-order valence-electron chi connectivity index (χ2n) is 4.00. The molecule has 0 bridgehead atoms. The van der Waals surface area contributed by atoms with Crippen LogP contribution in [0.3, 0.4) is 0 Å². The Morgan fingerprint density at radius 1 is 1.10 bits per heavy atom. The smallest absolute Gasteiger partial charge is 0.405 e. The first-order chi connectivity index (χ1) is 9.39. The van der Waals surface area contributed by atoms with E-state index in [-0.39, 0.29) is 16.9 Å². The van der Waals surface area contributed by atoms with E-state index in [1.54, 1.807) is 6.07 Å². The van der Waals surface area contributed by atoms with Crippen LogP contribution >= 0.6 is 0 Å². The zero-order valence-corrected chi connectivity index (χ0v) is 10.1. The summed E-state index contributed by atoms with van der Waals surface area (Å²) in [7, 11) is 0. The van der Waals surface area contributed by atoms with Crippen molar-refractivity contribution in [2.75, 3.05) is 5.73 Å². The van der Waals surface area contributed by atoms with Gasteiger partial charge >= 0.3 is 6.36 Å². The highest BCUT2D eigenvalue weighted by Crippen LogP contribution is 2.34. The highest BCUT2D eigenvalue weighted by atomic mass is 19.4. The second kappa shape index (κ2) is 5.13. The molecular formula is C14H9F3N2O. The molecule has 0 saturated carbocycles. The third-order valence-electron chi connectivity index (χ3n) is 2.51. The van der Waals surface area contributed by atoms with Gasteiger partial charge in [0.2, 0.25) is 0 Å². The number of nitrogens with two attached hydrogens (primary N) is 1. The number of rotatable bonds is 2. The number of nitrogens with zero attached hydrogens (tertiary/aromatic N) is 1. The van der Waals surface area contributed by atoms with E-state index in [0.29, 0.717) is 11.3 Å². The third kappa shape index (κ3) is 3.20. The lowest BCUT2D eigenvalue weighted by atomic mass is 10.0. The predicted molar refractivity (Wildman–Crippen MR) is 67.7 cm³/mol. The molecule has 2 aromatic rings. The number of halogens is 3. The second-order valence-corrected chi connectivity index (χ2v) is 4.00. The number of nitriles is 1. The summed E-state index contributed by atoms with van der Waals surface area (Å²) in [6.45, 7) is 0. The summed E-state index contributed by atoms with van der Waals surface area (Å²) in [4.78, 5) is 0. The molecule has 0 amide bonds. The molecule has 2 N–H and O–H groups in total. The molecule has 0 aliphatic rings. The van der Waals surface area contributed by atoms with Crippen molar-refractivity contribution in [2.45, 2.75) is 6.36 Å². The monoisotopic (exact) mass is 278 g/mol. The Morgan fingerprint density at radius 2 is 1.80 bits per heavy atom. The van der Waals surface area contributed by atoms with Gasteiger partial charge in [-0.1, -0.05) is 18.2 Å². The fourth-order valence-electron chi connectivity index (χ4n) is 1.79. The number of benzene rings is 2. The average molecular weight is 278 g/mol. The third-order valence-corrected chi connectivity index (χ3v) is 2.51. The van der Waals surface area contributed by atoms with Gasteiger partial charge in [-0.15, -0.1) is 13.2 Å². The Labute approximate surface area is 113 Å². The van der Waals surface area contributed by atoms with E-state index in [9.17, 15) is 13.2 Å². The van der Waals surface area contributed by atoms with Crippen LogP contribution < -0.4 is 10.5 Å². The van der Waals surface area contributed by atoms with Crippen molar-refractivity contribution in [1.29, 1.82) is 5.26 Å². The summed E-state index contributed by atoms with van der Waals surface area (Å²) in [5.41, 5.74) is 6.80. The summed E-state index contributed by atoms with van der Waals surface area (Å²) in [5.74, 6) is -0.338. The fraction of sp³-hybridized carbons (Fsp3) is 0.0714. The van der Waals surface area contributed by atoms with Crippen LogP contribution in [0.15, 0.2) is 42.5 Å². The molecule has 0 fully saturated rings. The molecule has 0 unspecified atom stereocenters. The quantitative estimate of drug-likeness (QED) is 0.852. The summed E-state index contributed by atoms with van der Waals surface area (Å²) >= 11 is 0. The Hall–Kier alpha value is -2.68. The van der Waals surface area contributed by atoms with Gasteiger partial charge in [-0.3, -0.25) is 0 Å². The number of hydrogen-bond donors (Lipinski definition) is 1.